The third-order valence-corrected chi connectivity index (χ3v) is 2.56. The molecule has 0 atom stereocenters. The van der Waals surface area contributed by atoms with Crippen molar-refractivity contribution in [1.29, 1.82) is 0 Å². The molecule has 0 saturated heterocycles. The van der Waals surface area contributed by atoms with E-state index in [9.17, 15) is 13.2 Å². The fourth-order valence-corrected chi connectivity index (χ4v) is 1.44. The molecule has 0 spiro atoms. The number of alkyl halides is 3. The molecule has 0 fully saturated rings. The first-order valence-corrected chi connectivity index (χ1v) is 5.54. The van der Waals surface area contributed by atoms with Gasteiger partial charge in [0.25, 0.3) is 0 Å². The van der Waals surface area contributed by atoms with E-state index in [0.29, 0.717) is 11.5 Å². The van der Waals surface area contributed by atoms with E-state index >= 15 is 0 Å². The fourth-order valence-electron chi connectivity index (χ4n) is 1.01. The van der Waals surface area contributed by atoms with Crippen molar-refractivity contribution < 1.29 is 13.2 Å². The van der Waals surface area contributed by atoms with Crippen molar-refractivity contribution >= 4 is 23.3 Å². The van der Waals surface area contributed by atoms with Crippen molar-refractivity contribution in [3.63, 3.8) is 0 Å². The number of aromatic nitrogens is 1. The number of nitrogens with zero attached hydrogens (tertiary/aromatic N) is 1. The Bertz CT molecular complexity index is 354. The van der Waals surface area contributed by atoms with Gasteiger partial charge in [0, 0.05) is 12.3 Å². The summed E-state index contributed by atoms with van der Waals surface area (Å²) in [6, 6.07) is 1.70. The monoisotopic (exact) mass is 251 g/mol. The molecule has 3 N–H and O–H groups in total. The summed E-state index contributed by atoms with van der Waals surface area (Å²) < 4.78 is 35.4. The zero-order valence-electron chi connectivity index (χ0n) is 8.64. The topological polar surface area (TPSA) is 50.9 Å². The summed E-state index contributed by atoms with van der Waals surface area (Å²) in [5.74, 6) is 0.490. The van der Waals surface area contributed by atoms with Crippen LogP contribution in [0.2, 0.25) is 0 Å². The highest BCUT2D eigenvalue weighted by Gasteiger charge is 2.27. The lowest BCUT2D eigenvalue weighted by molar-refractivity contribution is -0.0327. The number of halogens is 3. The molecule has 0 amide bonds. The third-order valence-electron chi connectivity index (χ3n) is 1.83. The molecule has 0 aliphatic rings. The van der Waals surface area contributed by atoms with Gasteiger partial charge in [-0.05, 0) is 30.3 Å². The average molecular weight is 251 g/mol. The lowest BCUT2D eigenvalue weighted by Crippen LogP contribution is -2.10. The fraction of sp³-hybridized carbons (Fsp3) is 0.444. The third kappa shape index (κ3) is 4.61. The Labute approximate surface area is 95.6 Å². The van der Waals surface area contributed by atoms with E-state index in [1.165, 1.54) is 6.20 Å². The SMILES string of the molecule is Cc1cc(NCCSC(F)(F)F)ncc1N. The maximum atomic E-state index is 11.8. The quantitative estimate of drug-likeness (QED) is 0.808. The molecule has 0 unspecified atom stereocenters. The number of nitrogens with two attached hydrogens (primary N) is 1. The number of anilines is 2. The summed E-state index contributed by atoms with van der Waals surface area (Å²) in [5, 5.41) is 2.80. The first-order chi connectivity index (χ1) is 7.38. The summed E-state index contributed by atoms with van der Waals surface area (Å²) in [4.78, 5) is 3.95. The van der Waals surface area contributed by atoms with Crippen molar-refractivity contribution in [2.45, 2.75) is 12.4 Å². The Balaban J connectivity index is 2.35. The van der Waals surface area contributed by atoms with E-state index in [1.54, 1.807) is 6.07 Å². The summed E-state index contributed by atoms with van der Waals surface area (Å²) in [6.07, 6.45) is 1.48. The normalized spacial score (nSPS) is 11.5. The highest BCUT2D eigenvalue weighted by molar-refractivity contribution is 8.00. The smallest absolute Gasteiger partial charge is 0.397 e. The van der Waals surface area contributed by atoms with E-state index in [0.717, 1.165) is 5.56 Å². The molecule has 7 heteroatoms. The molecule has 1 aromatic rings. The lowest BCUT2D eigenvalue weighted by atomic mass is 10.2. The van der Waals surface area contributed by atoms with Crippen LogP contribution in [-0.2, 0) is 0 Å². The lowest BCUT2D eigenvalue weighted by Gasteiger charge is -2.08. The number of rotatable bonds is 4. The van der Waals surface area contributed by atoms with Gasteiger partial charge in [0.15, 0.2) is 0 Å². The van der Waals surface area contributed by atoms with E-state index in [2.05, 4.69) is 10.3 Å². The molecular weight excluding hydrogens is 239 g/mol. The predicted octanol–water partition coefficient (Wildman–Crippen LogP) is 2.64. The van der Waals surface area contributed by atoms with Crippen LogP contribution in [0.4, 0.5) is 24.7 Å². The number of hydrogen-bond donors (Lipinski definition) is 2. The van der Waals surface area contributed by atoms with E-state index in [1.807, 2.05) is 6.92 Å². The Morgan fingerprint density at radius 1 is 1.50 bits per heavy atom. The van der Waals surface area contributed by atoms with Gasteiger partial charge in [-0.3, -0.25) is 0 Å². The van der Waals surface area contributed by atoms with Gasteiger partial charge in [0.05, 0.1) is 11.9 Å². The van der Waals surface area contributed by atoms with Gasteiger partial charge in [0.2, 0.25) is 0 Å². The molecule has 1 aromatic heterocycles. The highest BCUT2D eigenvalue weighted by Crippen LogP contribution is 2.29. The number of thioether (sulfide) groups is 1. The second kappa shape index (κ2) is 5.29. The zero-order chi connectivity index (χ0) is 12.2. The minimum Gasteiger partial charge on any atom is -0.397 e. The van der Waals surface area contributed by atoms with Gasteiger partial charge in [0.1, 0.15) is 5.82 Å². The largest absolute Gasteiger partial charge is 0.441 e. The van der Waals surface area contributed by atoms with Crippen LogP contribution in [0.1, 0.15) is 5.56 Å². The van der Waals surface area contributed by atoms with Crippen LogP contribution in [0.5, 0.6) is 0 Å². The van der Waals surface area contributed by atoms with Gasteiger partial charge in [-0.2, -0.15) is 13.2 Å². The second-order valence-corrected chi connectivity index (χ2v) is 4.31. The predicted molar refractivity (Wildman–Crippen MR) is 60.4 cm³/mol. The van der Waals surface area contributed by atoms with Crippen LogP contribution < -0.4 is 11.1 Å². The Kier molecular flexibility index (Phi) is 4.28. The standard InChI is InChI=1S/C9H12F3N3S/c1-6-4-8(15-5-7(6)13)14-2-3-16-9(10,11)12/h4-5H,2-3,13H2,1H3,(H,14,15). The first-order valence-electron chi connectivity index (χ1n) is 4.55. The number of pyridine rings is 1. The first kappa shape index (κ1) is 13.0. The van der Waals surface area contributed by atoms with Gasteiger partial charge in [-0.15, -0.1) is 0 Å². The van der Waals surface area contributed by atoms with E-state index in [-0.39, 0.29) is 24.1 Å². The molecule has 0 radical (unpaired) electrons. The molecule has 16 heavy (non-hydrogen) atoms. The summed E-state index contributed by atoms with van der Waals surface area (Å²) in [6.45, 7) is 2.02. The number of aryl methyl sites for hydroxylation is 1. The van der Waals surface area contributed by atoms with Crippen LogP contribution in [0, 0.1) is 6.92 Å². The molecule has 0 aliphatic heterocycles. The number of hydrogen-bond acceptors (Lipinski definition) is 4. The molecule has 1 heterocycles. The van der Waals surface area contributed by atoms with Crippen molar-refractivity contribution in [2.75, 3.05) is 23.3 Å². The van der Waals surface area contributed by atoms with Crippen molar-refractivity contribution in [2.24, 2.45) is 0 Å². The van der Waals surface area contributed by atoms with Crippen LogP contribution in [0.25, 0.3) is 0 Å². The minimum atomic E-state index is -4.17. The van der Waals surface area contributed by atoms with Crippen molar-refractivity contribution in [3.05, 3.63) is 17.8 Å². The minimum absolute atomic E-state index is 0.0470. The maximum Gasteiger partial charge on any atom is 0.441 e. The Morgan fingerprint density at radius 2 is 2.19 bits per heavy atom. The van der Waals surface area contributed by atoms with E-state index < -0.39 is 5.51 Å². The van der Waals surface area contributed by atoms with Crippen LogP contribution in [0.15, 0.2) is 12.3 Å². The zero-order valence-corrected chi connectivity index (χ0v) is 9.45. The van der Waals surface area contributed by atoms with Gasteiger partial charge >= 0.3 is 5.51 Å². The maximum absolute atomic E-state index is 11.8. The highest BCUT2D eigenvalue weighted by atomic mass is 32.2. The molecule has 0 saturated carbocycles. The van der Waals surface area contributed by atoms with Crippen LogP contribution in [0.3, 0.4) is 0 Å². The Hall–Kier alpha value is -1.11. The van der Waals surface area contributed by atoms with Gasteiger partial charge in [-0.25, -0.2) is 4.98 Å². The van der Waals surface area contributed by atoms with Crippen molar-refractivity contribution in [1.82, 2.24) is 4.98 Å². The summed E-state index contributed by atoms with van der Waals surface area (Å²) >= 11 is -0.0548. The van der Waals surface area contributed by atoms with Crippen LogP contribution in [-0.4, -0.2) is 22.8 Å². The molecule has 1 rings (SSSR count). The van der Waals surface area contributed by atoms with Crippen molar-refractivity contribution in [3.8, 4) is 0 Å². The molecule has 0 aromatic carbocycles. The summed E-state index contributed by atoms with van der Waals surface area (Å²) in [5.41, 5.74) is 2.80. The second-order valence-electron chi connectivity index (χ2n) is 3.15. The van der Waals surface area contributed by atoms with Gasteiger partial charge < -0.3 is 11.1 Å². The molecular formula is C9H12F3N3S. The Morgan fingerprint density at radius 3 is 2.75 bits per heavy atom. The van der Waals surface area contributed by atoms with E-state index in [4.69, 9.17) is 5.73 Å². The molecule has 3 nitrogen and oxygen atoms in total. The average Bonchev–Trinajstić information content (AvgIpc) is 2.17. The molecule has 90 valence electrons. The summed E-state index contributed by atoms with van der Waals surface area (Å²) in [7, 11) is 0. The molecule has 0 aliphatic carbocycles. The van der Waals surface area contributed by atoms with Gasteiger partial charge in [-0.1, -0.05) is 0 Å². The number of nitrogen functional groups attached to an aromatic ring is 1. The van der Waals surface area contributed by atoms with Crippen LogP contribution >= 0.6 is 11.8 Å². The molecule has 0 bridgehead atoms. The number of nitrogens with one attached hydrogen (secondary N) is 1.